The number of hydrogen-bond acceptors (Lipinski definition) is 4. The number of benzene rings is 2. The number of halogens is 2. The lowest BCUT2D eigenvalue weighted by molar-refractivity contribution is -0.139. The van der Waals surface area contributed by atoms with Gasteiger partial charge in [0.2, 0.25) is 21.8 Å². The summed E-state index contributed by atoms with van der Waals surface area (Å²) in [5.41, 5.74) is 0.972. The zero-order chi connectivity index (χ0) is 25.6. The molecule has 0 spiro atoms. The molecule has 1 aliphatic rings. The first-order valence-corrected chi connectivity index (χ1v) is 14.2. The van der Waals surface area contributed by atoms with E-state index in [1.54, 1.807) is 6.92 Å². The topological polar surface area (TPSA) is 86.8 Å². The Morgan fingerprint density at radius 1 is 1.06 bits per heavy atom. The van der Waals surface area contributed by atoms with Crippen molar-refractivity contribution in [1.29, 1.82) is 0 Å². The Morgan fingerprint density at radius 2 is 1.71 bits per heavy atom. The fourth-order valence-corrected chi connectivity index (χ4v) is 5.63. The van der Waals surface area contributed by atoms with Gasteiger partial charge in [-0.1, -0.05) is 72.8 Å². The minimum absolute atomic E-state index is 0.0905. The van der Waals surface area contributed by atoms with Gasteiger partial charge in [-0.25, -0.2) is 8.42 Å². The number of sulfonamides is 1. The molecule has 7 nitrogen and oxygen atoms in total. The molecule has 1 unspecified atom stereocenters. The lowest BCUT2D eigenvalue weighted by Gasteiger charge is -2.33. The fraction of sp³-hybridized carbons (Fsp3) is 0.440. The van der Waals surface area contributed by atoms with Crippen LogP contribution in [0.2, 0.25) is 10.0 Å². The van der Waals surface area contributed by atoms with Gasteiger partial charge in [0.15, 0.2) is 0 Å². The summed E-state index contributed by atoms with van der Waals surface area (Å²) in [7, 11) is -3.87. The zero-order valence-corrected chi connectivity index (χ0v) is 22.2. The van der Waals surface area contributed by atoms with Crippen molar-refractivity contribution in [2.24, 2.45) is 0 Å². The summed E-state index contributed by atoms with van der Waals surface area (Å²) < 4.78 is 26.2. The average molecular weight is 541 g/mol. The predicted octanol–water partition coefficient (Wildman–Crippen LogP) is 4.63. The number of amides is 2. The molecular formula is C25H31Cl2N3O4S. The van der Waals surface area contributed by atoms with E-state index in [-0.39, 0.29) is 29.2 Å². The van der Waals surface area contributed by atoms with Crippen LogP contribution in [0.5, 0.6) is 0 Å². The summed E-state index contributed by atoms with van der Waals surface area (Å²) >= 11 is 12.2. The van der Waals surface area contributed by atoms with Gasteiger partial charge < -0.3 is 10.2 Å². The summed E-state index contributed by atoms with van der Waals surface area (Å²) in [6.45, 7) is 1.32. The molecule has 3 rings (SSSR count). The van der Waals surface area contributed by atoms with E-state index in [0.717, 1.165) is 48.2 Å². The lowest BCUT2D eigenvalue weighted by atomic mass is 9.95. The third kappa shape index (κ3) is 7.59. The largest absolute Gasteiger partial charge is 0.352 e. The number of anilines is 1. The maximum Gasteiger partial charge on any atom is 0.244 e. The van der Waals surface area contributed by atoms with Gasteiger partial charge in [0.1, 0.15) is 12.6 Å². The van der Waals surface area contributed by atoms with Gasteiger partial charge in [0.05, 0.1) is 17.0 Å². The summed E-state index contributed by atoms with van der Waals surface area (Å²) in [4.78, 5) is 28.1. The third-order valence-electron chi connectivity index (χ3n) is 6.17. The number of carbonyl (C=O) groups excluding carboxylic acids is 2. The fourth-order valence-electron chi connectivity index (χ4n) is 4.21. The molecule has 0 aromatic heterocycles. The van der Waals surface area contributed by atoms with Gasteiger partial charge in [-0.15, -0.1) is 0 Å². The highest BCUT2D eigenvalue weighted by Crippen LogP contribution is 2.30. The Balaban J connectivity index is 1.87. The first-order chi connectivity index (χ1) is 16.6. The van der Waals surface area contributed by atoms with Crippen molar-refractivity contribution < 1.29 is 18.0 Å². The molecule has 190 valence electrons. The number of nitrogens with zero attached hydrogens (tertiary/aromatic N) is 2. The molecule has 2 aromatic rings. The standard InChI is InChI=1S/C25H31Cl2N3O4S/c1-18(25(32)28-21-11-7-4-8-12-21)29(16-19-9-5-3-6-10-19)24(31)17-30(35(2,33)34)23-14-13-20(26)15-22(23)27/h3,5-6,9-10,13-15,18,21H,4,7-8,11-12,16-17H2,1-2H3,(H,28,32). The highest BCUT2D eigenvalue weighted by Gasteiger charge is 2.31. The molecule has 1 fully saturated rings. The highest BCUT2D eigenvalue weighted by atomic mass is 35.5. The zero-order valence-electron chi connectivity index (χ0n) is 19.9. The maximum atomic E-state index is 13.6. The van der Waals surface area contributed by atoms with Crippen LogP contribution in [-0.4, -0.2) is 50.0 Å². The van der Waals surface area contributed by atoms with Crippen molar-refractivity contribution in [2.45, 2.75) is 57.7 Å². The number of hydrogen-bond donors (Lipinski definition) is 1. The molecular weight excluding hydrogens is 509 g/mol. The molecule has 2 amide bonds. The Hall–Kier alpha value is -2.29. The Morgan fingerprint density at radius 3 is 2.31 bits per heavy atom. The monoisotopic (exact) mass is 539 g/mol. The Labute approximate surface area is 217 Å². The van der Waals surface area contributed by atoms with Crippen LogP contribution in [-0.2, 0) is 26.2 Å². The van der Waals surface area contributed by atoms with Crippen LogP contribution in [0.15, 0.2) is 48.5 Å². The van der Waals surface area contributed by atoms with Crippen LogP contribution in [0.1, 0.15) is 44.6 Å². The molecule has 0 heterocycles. The molecule has 2 aromatic carbocycles. The lowest BCUT2D eigenvalue weighted by Crippen LogP contribution is -2.53. The van der Waals surface area contributed by atoms with E-state index in [1.165, 1.54) is 23.1 Å². The first kappa shape index (κ1) is 27.3. The van der Waals surface area contributed by atoms with E-state index >= 15 is 0 Å². The van der Waals surface area contributed by atoms with Crippen molar-refractivity contribution in [3.8, 4) is 0 Å². The van der Waals surface area contributed by atoms with Crippen LogP contribution in [0, 0.1) is 0 Å². The van der Waals surface area contributed by atoms with Crippen molar-refractivity contribution in [3.05, 3.63) is 64.1 Å². The SMILES string of the molecule is CC(C(=O)NC1CCCCC1)N(Cc1ccccc1)C(=O)CN(c1ccc(Cl)cc1Cl)S(C)(=O)=O. The normalized spacial score (nSPS) is 15.3. The molecule has 1 aliphatic carbocycles. The van der Waals surface area contributed by atoms with Crippen LogP contribution in [0.3, 0.4) is 0 Å². The summed E-state index contributed by atoms with van der Waals surface area (Å²) in [5, 5.41) is 3.52. The molecule has 0 saturated heterocycles. The minimum Gasteiger partial charge on any atom is -0.352 e. The van der Waals surface area contributed by atoms with Crippen LogP contribution >= 0.6 is 23.2 Å². The Bertz CT molecular complexity index is 1140. The van der Waals surface area contributed by atoms with Gasteiger partial charge in [-0.3, -0.25) is 13.9 Å². The molecule has 0 aliphatic heterocycles. The predicted molar refractivity (Wildman–Crippen MR) is 140 cm³/mol. The Kier molecular flexibility index (Phi) is 9.44. The second-order valence-corrected chi connectivity index (χ2v) is 11.6. The summed E-state index contributed by atoms with van der Waals surface area (Å²) in [6.07, 6.45) is 6.14. The first-order valence-electron chi connectivity index (χ1n) is 11.6. The third-order valence-corrected chi connectivity index (χ3v) is 7.84. The second-order valence-electron chi connectivity index (χ2n) is 8.89. The van der Waals surface area contributed by atoms with Crippen LogP contribution < -0.4 is 9.62 Å². The molecule has 1 N–H and O–H groups in total. The molecule has 10 heteroatoms. The van der Waals surface area contributed by atoms with Crippen molar-refractivity contribution in [1.82, 2.24) is 10.2 Å². The van der Waals surface area contributed by atoms with Gasteiger partial charge in [0, 0.05) is 17.6 Å². The van der Waals surface area contributed by atoms with E-state index in [1.807, 2.05) is 30.3 Å². The molecule has 1 saturated carbocycles. The summed E-state index contributed by atoms with van der Waals surface area (Å²) in [6, 6.07) is 13.0. The number of nitrogens with one attached hydrogen (secondary N) is 1. The smallest absolute Gasteiger partial charge is 0.244 e. The van der Waals surface area contributed by atoms with E-state index in [2.05, 4.69) is 5.32 Å². The number of carbonyl (C=O) groups is 2. The van der Waals surface area contributed by atoms with Gasteiger partial charge in [-0.05, 0) is 43.5 Å². The van der Waals surface area contributed by atoms with Crippen molar-refractivity contribution >= 4 is 50.7 Å². The van der Waals surface area contributed by atoms with Gasteiger partial charge >= 0.3 is 0 Å². The van der Waals surface area contributed by atoms with Crippen LogP contribution in [0.4, 0.5) is 5.69 Å². The van der Waals surface area contributed by atoms with Crippen LogP contribution in [0.25, 0.3) is 0 Å². The van der Waals surface area contributed by atoms with E-state index in [4.69, 9.17) is 23.2 Å². The van der Waals surface area contributed by atoms with E-state index < -0.39 is 28.5 Å². The van der Waals surface area contributed by atoms with Crippen molar-refractivity contribution in [3.63, 3.8) is 0 Å². The second kappa shape index (κ2) is 12.1. The minimum atomic E-state index is -3.87. The average Bonchev–Trinajstić information content (AvgIpc) is 2.81. The number of rotatable bonds is 9. The molecule has 0 bridgehead atoms. The van der Waals surface area contributed by atoms with Gasteiger partial charge in [0.25, 0.3) is 0 Å². The van der Waals surface area contributed by atoms with E-state index in [9.17, 15) is 18.0 Å². The molecule has 35 heavy (non-hydrogen) atoms. The molecule has 0 radical (unpaired) electrons. The maximum absolute atomic E-state index is 13.6. The van der Waals surface area contributed by atoms with E-state index in [0.29, 0.717) is 5.02 Å². The quantitative estimate of drug-likeness (QED) is 0.503. The summed E-state index contributed by atoms with van der Waals surface area (Å²) in [5.74, 6) is -0.770. The highest BCUT2D eigenvalue weighted by molar-refractivity contribution is 7.92. The van der Waals surface area contributed by atoms with Gasteiger partial charge in [-0.2, -0.15) is 0 Å². The van der Waals surface area contributed by atoms with Crippen molar-refractivity contribution in [2.75, 3.05) is 17.1 Å². The molecule has 1 atom stereocenters.